The van der Waals surface area contributed by atoms with Gasteiger partial charge < -0.3 is 20.6 Å². The molecule has 60 heavy (non-hydrogen) atoms. The van der Waals surface area contributed by atoms with Crippen molar-refractivity contribution >= 4 is 5.91 Å². The Morgan fingerprint density at radius 2 is 0.683 bits per heavy atom. The van der Waals surface area contributed by atoms with Crippen molar-refractivity contribution in [3.8, 4) is 0 Å². The highest BCUT2D eigenvalue weighted by molar-refractivity contribution is 5.80. The number of nitrogens with one attached hydrogen (secondary N) is 1. The van der Waals surface area contributed by atoms with Crippen molar-refractivity contribution < 1.29 is 20.1 Å². The Bertz CT molecular complexity index is 931. The number of rotatable bonds is 49. The van der Waals surface area contributed by atoms with Crippen LogP contribution in [0.3, 0.4) is 0 Å². The predicted molar refractivity (Wildman–Crippen MR) is 264 cm³/mol. The maximum atomic E-state index is 12.5. The molecule has 5 nitrogen and oxygen atoms in total. The average molecular weight is 844 g/mol. The molecule has 0 aliphatic carbocycles. The lowest BCUT2D eigenvalue weighted by Crippen LogP contribution is -2.48. The second kappa shape index (κ2) is 50.2. The summed E-state index contributed by atoms with van der Waals surface area (Å²) in [7, 11) is 0. The molecular weight excluding hydrogens is 739 g/mol. The maximum absolute atomic E-state index is 12.5. The van der Waals surface area contributed by atoms with Gasteiger partial charge in [0.15, 0.2) is 0 Å². The fourth-order valence-corrected chi connectivity index (χ4v) is 8.28. The SMILES string of the molecule is CCCCCCCCCCCCCCCCC/C=C/CC/C=C/CC/C=C/C(O)C(CO)NC(=O)C(O)CCCCCCCCCCCCCCCCCCCCCCC. The van der Waals surface area contributed by atoms with E-state index in [1.807, 2.05) is 6.08 Å². The molecule has 3 unspecified atom stereocenters. The zero-order valence-corrected chi connectivity index (χ0v) is 40.4. The van der Waals surface area contributed by atoms with Crippen molar-refractivity contribution in [1.82, 2.24) is 5.32 Å². The number of carbonyl (C=O) groups excluding carboxylic acids is 1. The molecule has 3 atom stereocenters. The normalized spacial score (nSPS) is 13.6. The van der Waals surface area contributed by atoms with Crippen molar-refractivity contribution in [2.45, 2.75) is 302 Å². The van der Waals surface area contributed by atoms with Gasteiger partial charge in [-0.1, -0.05) is 275 Å². The van der Waals surface area contributed by atoms with E-state index in [2.05, 4.69) is 43.5 Å². The van der Waals surface area contributed by atoms with Crippen LogP contribution in [0.1, 0.15) is 284 Å². The number of amides is 1. The Balaban J connectivity index is 3.65. The Kier molecular flexibility index (Phi) is 49.0. The Morgan fingerprint density at radius 1 is 0.400 bits per heavy atom. The molecule has 0 bridgehead atoms. The smallest absolute Gasteiger partial charge is 0.249 e. The first-order valence-electron chi connectivity index (χ1n) is 26.8. The summed E-state index contributed by atoms with van der Waals surface area (Å²) in [5.41, 5.74) is 0. The predicted octanol–water partition coefficient (Wildman–Crippen LogP) is 16.3. The quantitative estimate of drug-likeness (QED) is 0.0363. The molecule has 0 aliphatic heterocycles. The third kappa shape index (κ3) is 44.6. The van der Waals surface area contributed by atoms with Gasteiger partial charge in [0.05, 0.1) is 18.8 Å². The molecule has 0 radical (unpaired) electrons. The first kappa shape index (κ1) is 58.6. The van der Waals surface area contributed by atoms with Crippen molar-refractivity contribution in [3.63, 3.8) is 0 Å². The monoisotopic (exact) mass is 844 g/mol. The van der Waals surface area contributed by atoms with E-state index in [4.69, 9.17) is 0 Å². The summed E-state index contributed by atoms with van der Waals surface area (Å²) >= 11 is 0. The number of hydrogen-bond donors (Lipinski definition) is 4. The van der Waals surface area contributed by atoms with Gasteiger partial charge in [0, 0.05) is 0 Å². The molecule has 1 amide bonds. The van der Waals surface area contributed by atoms with Crippen LogP contribution in [-0.2, 0) is 4.79 Å². The van der Waals surface area contributed by atoms with Crippen molar-refractivity contribution in [1.29, 1.82) is 0 Å². The lowest BCUT2D eigenvalue weighted by atomic mass is 10.0. The highest BCUT2D eigenvalue weighted by Gasteiger charge is 2.22. The van der Waals surface area contributed by atoms with Gasteiger partial charge in [-0.25, -0.2) is 0 Å². The minimum atomic E-state index is -1.11. The minimum Gasteiger partial charge on any atom is -0.394 e. The van der Waals surface area contributed by atoms with Gasteiger partial charge in [-0.15, -0.1) is 0 Å². The average Bonchev–Trinajstić information content (AvgIpc) is 3.25. The van der Waals surface area contributed by atoms with Gasteiger partial charge in [-0.05, 0) is 44.9 Å². The third-order valence-corrected chi connectivity index (χ3v) is 12.5. The summed E-state index contributed by atoms with van der Waals surface area (Å²) in [6.07, 6.45) is 65.0. The lowest BCUT2D eigenvalue weighted by molar-refractivity contribution is -0.131. The molecule has 5 heteroatoms. The number of aliphatic hydroxyl groups excluding tert-OH is 3. The van der Waals surface area contributed by atoms with Gasteiger partial charge in [0.2, 0.25) is 5.91 Å². The van der Waals surface area contributed by atoms with Crippen molar-refractivity contribution in [2.24, 2.45) is 0 Å². The summed E-state index contributed by atoms with van der Waals surface area (Å²) in [5, 5.41) is 33.3. The molecule has 0 spiro atoms. The lowest BCUT2D eigenvalue weighted by Gasteiger charge is -2.21. The molecule has 0 heterocycles. The molecule has 0 aromatic heterocycles. The molecular formula is C55H105NO4. The standard InChI is InChI=1S/C55H105NO4/c1-3-5-7-9-11-13-15-17-19-21-23-25-26-27-28-30-31-33-35-37-39-41-43-45-47-49-53(58)52(51-57)56-55(60)54(59)50-48-46-44-42-40-38-36-34-32-29-24-22-20-18-16-14-12-10-8-6-4-2/h31,33,39,41,47,49,52-54,57-59H,3-30,32,34-38,40,42-46,48,50-51H2,1-2H3,(H,56,60)/b33-31+,41-39+,49-47+. The van der Waals surface area contributed by atoms with Crippen LogP contribution in [0.2, 0.25) is 0 Å². The van der Waals surface area contributed by atoms with Crippen LogP contribution in [0.15, 0.2) is 36.5 Å². The van der Waals surface area contributed by atoms with E-state index in [0.29, 0.717) is 6.42 Å². The van der Waals surface area contributed by atoms with Crippen LogP contribution in [-0.4, -0.2) is 46.1 Å². The molecule has 0 aromatic carbocycles. The molecule has 0 fully saturated rings. The van der Waals surface area contributed by atoms with Gasteiger partial charge in [0.25, 0.3) is 0 Å². The van der Waals surface area contributed by atoms with E-state index in [9.17, 15) is 20.1 Å². The number of unbranched alkanes of at least 4 members (excludes halogenated alkanes) is 37. The van der Waals surface area contributed by atoms with Crippen LogP contribution in [0.4, 0.5) is 0 Å². The fourth-order valence-electron chi connectivity index (χ4n) is 8.28. The largest absolute Gasteiger partial charge is 0.394 e. The van der Waals surface area contributed by atoms with Gasteiger partial charge in [-0.2, -0.15) is 0 Å². The first-order valence-corrected chi connectivity index (χ1v) is 26.8. The van der Waals surface area contributed by atoms with E-state index in [1.165, 1.54) is 218 Å². The van der Waals surface area contributed by atoms with Crippen LogP contribution < -0.4 is 5.32 Å². The van der Waals surface area contributed by atoms with Crippen molar-refractivity contribution in [3.05, 3.63) is 36.5 Å². The molecule has 354 valence electrons. The Labute approximate surface area is 374 Å². The molecule has 0 saturated heterocycles. The van der Waals surface area contributed by atoms with E-state index in [1.54, 1.807) is 6.08 Å². The zero-order valence-electron chi connectivity index (χ0n) is 40.4. The summed E-state index contributed by atoms with van der Waals surface area (Å²) in [6.45, 7) is 4.20. The van der Waals surface area contributed by atoms with Crippen LogP contribution in [0, 0.1) is 0 Å². The molecule has 0 rings (SSSR count). The number of aliphatic hydroxyl groups is 3. The van der Waals surface area contributed by atoms with E-state index in [0.717, 1.165) is 44.9 Å². The second-order valence-electron chi connectivity index (χ2n) is 18.4. The molecule has 0 aromatic rings. The fraction of sp³-hybridized carbons (Fsp3) is 0.873. The molecule has 0 saturated carbocycles. The third-order valence-electron chi connectivity index (χ3n) is 12.5. The van der Waals surface area contributed by atoms with Crippen LogP contribution >= 0.6 is 0 Å². The van der Waals surface area contributed by atoms with E-state index < -0.39 is 24.2 Å². The topological polar surface area (TPSA) is 89.8 Å². The first-order chi connectivity index (χ1) is 29.6. The van der Waals surface area contributed by atoms with E-state index in [-0.39, 0.29) is 6.61 Å². The van der Waals surface area contributed by atoms with Gasteiger partial charge in [0.1, 0.15) is 6.10 Å². The second-order valence-corrected chi connectivity index (χ2v) is 18.4. The van der Waals surface area contributed by atoms with Gasteiger partial charge in [-0.3, -0.25) is 4.79 Å². The Hall–Kier alpha value is -1.43. The maximum Gasteiger partial charge on any atom is 0.249 e. The summed E-state index contributed by atoms with van der Waals surface area (Å²) in [5.74, 6) is -0.513. The highest BCUT2D eigenvalue weighted by atomic mass is 16.3. The van der Waals surface area contributed by atoms with Crippen molar-refractivity contribution in [2.75, 3.05) is 6.61 Å². The number of hydrogen-bond acceptors (Lipinski definition) is 4. The highest BCUT2D eigenvalue weighted by Crippen LogP contribution is 2.17. The summed E-state index contributed by atoms with van der Waals surface area (Å²) < 4.78 is 0. The molecule has 0 aliphatic rings. The Morgan fingerprint density at radius 3 is 1.02 bits per heavy atom. The van der Waals surface area contributed by atoms with Crippen LogP contribution in [0.25, 0.3) is 0 Å². The number of allylic oxidation sites excluding steroid dienone is 5. The van der Waals surface area contributed by atoms with Crippen LogP contribution in [0.5, 0.6) is 0 Å². The summed E-state index contributed by atoms with van der Waals surface area (Å²) in [6, 6.07) is -0.820. The minimum absolute atomic E-state index is 0.379. The zero-order chi connectivity index (χ0) is 43.7. The van der Waals surface area contributed by atoms with Gasteiger partial charge >= 0.3 is 0 Å². The van der Waals surface area contributed by atoms with E-state index >= 15 is 0 Å². The summed E-state index contributed by atoms with van der Waals surface area (Å²) in [4.78, 5) is 12.5. The number of carbonyl (C=O) groups is 1. The molecule has 4 N–H and O–H groups in total.